The SMILES string of the molecule is Cc1ccc(CNc2nc(NN)ncc2C)s1. The molecule has 0 aliphatic heterocycles. The van der Waals surface area contributed by atoms with Crippen LogP contribution in [0.25, 0.3) is 0 Å². The van der Waals surface area contributed by atoms with Crippen LogP contribution < -0.4 is 16.6 Å². The molecule has 6 heteroatoms. The highest BCUT2D eigenvalue weighted by atomic mass is 32.1. The Morgan fingerprint density at radius 1 is 1.35 bits per heavy atom. The van der Waals surface area contributed by atoms with E-state index in [1.807, 2.05) is 6.92 Å². The molecule has 2 aromatic rings. The van der Waals surface area contributed by atoms with Gasteiger partial charge in [-0.05, 0) is 26.0 Å². The van der Waals surface area contributed by atoms with E-state index >= 15 is 0 Å². The van der Waals surface area contributed by atoms with Crippen molar-refractivity contribution in [2.24, 2.45) is 5.84 Å². The molecule has 5 nitrogen and oxygen atoms in total. The zero-order chi connectivity index (χ0) is 12.3. The van der Waals surface area contributed by atoms with E-state index in [4.69, 9.17) is 5.84 Å². The van der Waals surface area contributed by atoms with Gasteiger partial charge in [-0.15, -0.1) is 11.3 Å². The zero-order valence-electron chi connectivity index (χ0n) is 9.82. The van der Waals surface area contributed by atoms with Gasteiger partial charge in [0, 0.05) is 21.5 Å². The standard InChI is InChI=1S/C11H15N5S/c1-7-5-14-11(16-12)15-10(7)13-6-9-4-3-8(2)17-9/h3-5H,6,12H2,1-2H3,(H2,13,14,15,16). The molecule has 0 aromatic carbocycles. The number of nitrogens with zero attached hydrogens (tertiary/aromatic N) is 2. The lowest BCUT2D eigenvalue weighted by atomic mass is 10.3. The van der Waals surface area contributed by atoms with Gasteiger partial charge in [0.25, 0.3) is 0 Å². The van der Waals surface area contributed by atoms with Crippen LogP contribution in [-0.4, -0.2) is 9.97 Å². The minimum Gasteiger partial charge on any atom is -0.365 e. The monoisotopic (exact) mass is 249 g/mol. The molecule has 0 spiro atoms. The molecule has 2 heterocycles. The second-order valence-electron chi connectivity index (χ2n) is 3.74. The van der Waals surface area contributed by atoms with Crippen molar-refractivity contribution >= 4 is 23.1 Å². The molecule has 4 N–H and O–H groups in total. The molecular formula is C11H15N5S. The van der Waals surface area contributed by atoms with E-state index < -0.39 is 0 Å². The van der Waals surface area contributed by atoms with E-state index in [1.54, 1.807) is 17.5 Å². The lowest BCUT2D eigenvalue weighted by Gasteiger charge is -2.08. The summed E-state index contributed by atoms with van der Waals surface area (Å²) in [5.74, 6) is 6.50. The summed E-state index contributed by atoms with van der Waals surface area (Å²) in [5.41, 5.74) is 3.43. The van der Waals surface area contributed by atoms with E-state index in [1.165, 1.54) is 9.75 Å². The number of thiophene rings is 1. The van der Waals surface area contributed by atoms with Crippen LogP contribution in [0.3, 0.4) is 0 Å². The predicted molar refractivity (Wildman–Crippen MR) is 71.0 cm³/mol. The largest absolute Gasteiger partial charge is 0.365 e. The maximum atomic E-state index is 5.28. The van der Waals surface area contributed by atoms with Gasteiger partial charge in [0.1, 0.15) is 5.82 Å². The minimum atomic E-state index is 0.417. The van der Waals surface area contributed by atoms with Gasteiger partial charge in [0.2, 0.25) is 5.95 Å². The van der Waals surface area contributed by atoms with Crippen LogP contribution in [-0.2, 0) is 6.54 Å². The van der Waals surface area contributed by atoms with E-state index in [-0.39, 0.29) is 0 Å². The maximum Gasteiger partial charge on any atom is 0.239 e. The van der Waals surface area contributed by atoms with Crippen molar-refractivity contribution < 1.29 is 0 Å². The molecule has 0 unspecified atom stereocenters. The third-order valence-corrected chi connectivity index (χ3v) is 3.33. The summed E-state index contributed by atoms with van der Waals surface area (Å²) in [7, 11) is 0. The molecule has 2 aromatic heterocycles. The summed E-state index contributed by atoms with van der Waals surface area (Å²) in [6.07, 6.45) is 1.74. The summed E-state index contributed by atoms with van der Waals surface area (Å²) in [4.78, 5) is 10.9. The predicted octanol–water partition coefficient (Wildman–Crippen LogP) is 2.05. The molecule has 2 rings (SSSR count). The Morgan fingerprint density at radius 3 is 2.82 bits per heavy atom. The molecule has 0 radical (unpaired) electrons. The summed E-state index contributed by atoms with van der Waals surface area (Å²) in [6.45, 7) is 4.82. The van der Waals surface area contributed by atoms with Crippen LogP contribution >= 0.6 is 11.3 Å². The first-order chi connectivity index (χ1) is 8.19. The van der Waals surface area contributed by atoms with Crippen molar-refractivity contribution in [2.75, 3.05) is 10.7 Å². The third kappa shape index (κ3) is 2.92. The van der Waals surface area contributed by atoms with Crippen LogP contribution in [0.1, 0.15) is 15.3 Å². The first-order valence-electron chi connectivity index (χ1n) is 5.28. The number of hydrazine groups is 1. The van der Waals surface area contributed by atoms with Crippen LogP contribution in [0.15, 0.2) is 18.3 Å². The number of nitrogens with one attached hydrogen (secondary N) is 2. The highest BCUT2D eigenvalue weighted by molar-refractivity contribution is 7.11. The van der Waals surface area contributed by atoms with Crippen molar-refractivity contribution in [1.29, 1.82) is 0 Å². The molecule has 0 saturated carbocycles. The van der Waals surface area contributed by atoms with Gasteiger partial charge in [-0.2, -0.15) is 4.98 Å². The molecule has 0 saturated heterocycles. The molecule has 0 aliphatic rings. The average Bonchev–Trinajstić information content (AvgIpc) is 2.74. The molecule has 0 atom stereocenters. The molecule has 17 heavy (non-hydrogen) atoms. The Kier molecular flexibility index (Phi) is 3.55. The topological polar surface area (TPSA) is 75.9 Å². The number of nitrogen functional groups attached to an aromatic ring is 1. The van der Waals surface area contributed by atoms with Gasteiger partial charge in [0.05, 0.1) is 6.54 Å². The first kappa shape index (κ1) is 11.8. The van der Waals surface area contributed by atoms with Crippen molar-refractivity contribution in [3.8, 4) is 0 Å². The third-order valence-electron chi connectivity index (χ3n) is 2.33. The number of hydrogen-bond donors (Lipinski definition) is 3. The van der Waals surface area contributed by atoms with E-state index in [9.17, 15) is 0 Å². The highest BCUT2D eigenvalue weighted by Gasteiger charge is 2.03. The number of nitrogens with two attached hydrogens (primary N) is 1. The van der Waals surface area contributed by atoms with Gasteiger partial charge < -0.3 is 5.32 Å². The first-order valence-corrected chi connectivity index (χ1v) is 6.10. The van der Waals surface area contributed by atoms with Crippen molar-refractivity contribution in [3.63, 3.8) is 0 Å². The van der Waals surface area contributed by atoms with E-state index in [0.717, 1.165) is 17.9 Å². The Bertz CT molecular complexity index is 508. The van der Waals surface area contributed by atoms with Crippen LogP contribution in [0.2, 0.25) is 0 Å². The maximum absolute atomic E-state index is 5.28. The second-order valence-corrected chi connectivity index (χ2v) is 5.11. The van der Waals surface area contributed by atoms with Gasteiger partial charge in [0.15, 0.2) is 0 Å². The summed E-state index contributed by atoms with van der Waals surface area (Å²) in [5, 5.41) is 3.28. The molecule has 90 valence electrons. The van der Waals surface area contributed by atoms with Crippen LogP contribution in [0.5, 0.6) is 0 Å². The fourth-order valence-electron chi connectivity index (χ4n) is 1.44. The van der Waals surface area contributed by atoms with E-state index in [2.05, 4.69) is 39.8 Å². The average molecular weight is 249 g/mol. The number of anilines is 2. The van der Waals surface area contributed by atoms with Gasteiger partial charge in [-0.25, -0.2) is 10.8 Å². The molecule has 0 fully saturated rings. The number of aryl methyl sites for hydroxylation is 2. The van der Waals surface area contributed by atoms with Crippen LogP contribution in [0, 0.1) is 13.8 Å². The van der Waals surface area contributed by atoms with E-state index in [0.29, 0.717) is 5.95 Å². The summed E-state index contributed by atoms with van der Waals surface area (Å²) >= 11 is 1.78. The second kappa shape index (κ2) is 5.11. The molecular weight excluding hydrogens is 234 g/mol. The fourth-order valence-corrected chi connectivity index (χ4v) is 2.27. The van der Waals surface area contributed by atoms with Gasteiger partial charge in [-0.3, -0.25) is 5.43 Å². The molecule has 0 bridgehead atoms. The minimum absolute atomic E-state index is 0.417. The lowest BCUT2D eigenvalue weighted by molar-refractivity contribution is 1.06. The van der Waals surface area contributed by atoms with Gasteiger partial charge in [-0.1, -0.05) is 0 Å². The Balaban J connectivity index is 2.07. The van der Waals surface area contributed by atoms with Crippen molar-refractivity contribution in [3.05, 3.63) is 33.6 Å². The normalized spacial score (nSPS) is 10.3. The Hall–Kier alpha value is -1.66. The Morgan fingerprint density at radius 2 is 2.18 bits per heavy atom. The van der Waals surface area contributed by atoms with Crippen molar-refractivity contribution in [2.45, 2.75) is 20.4 Å². The fraction of sp³-hybridized carbons (Fsp3) is 0.273. The molecule has 0 aliphatic carbocycles. The van der Waals surface area contributed by atoms with Gasteiger partial charge >= 0.3 is 0 Å². The van der Waals surface area contributed by atoms with Crippen molar-refractivity contribution in [1.82, 2.24) is 9.97 Å². The summed E-state index contributed by atoms with van der Waals surface area (Å²) in [6, 6.07) is 4.23. The zero-order valence-corrected chi connectivity index (χ0v) is 10.6. The van der Waals surface area contributed by atoms with Crippen LogP contribution in [0.4, 0.5) is 11.8 Å². The number of rotatable bonds is 4. The lowest BCUT2D eigenvalue weighted by Crippen LogP contribution is -2.12. The number of aromatic nitrogens is 2. The number of hydrogen-bond acceptors (Lipinski definition) is 6. The Labute approximate surface area is 104 Å². The quantitative estimate of drug-likeness (QED) is 0.571. The summed E-state index contributed by atoms with van der Waals surface area (Å²) < 4.78 is 0. The highest BCUT2D eigenvalue weighted by Crippen LogP contribution is 2.18. The smallest absolute Gasteiger partial charge is 0.239 e. The molecule has 0 amide bonds.